The number of hydrogen-bond acceptors (Lipinski definition) is 4. The molecule has 0 heterocycles. The van der Waals surface area contributed by atoms with E-state index in [0.717, 1.165) is 11.5 Å². The van der Waals surface area contributed by atoms with E-state index in [2.05, 4.69) is 19.6 Å². The smallest absolute Gasteiger partial charge is 0.315 e. The first-order valence-corrected chi connectivity index (χ1v) is 4.94. The van der Waals surface area contributed by atoms with Crippen LogP contribution in [0.1, 0.15) is 6.92 Å². The Bertz CT molecular complexity index is 101. The van der Waals surface area contributed by atoms with Crippen LogP contribution in [-0.4, -0.2) is 54.3 Å². The van der Waals surface area contributed by atoms with Crippen molar-refractivity contribution in [3.05, 3.63) is 0 Å². The number of rotatable bonds is 5. The summed E-state index contributed by atoms with van der Waals surface area (Å²) in [5.41, 5.74) is 0. The maximum absolute atomic E-state index is 10.5. The first-order chi connectivity index (χ1) is 4.81. The van der Waals surface area contributed by atoms with Crippen molar-refractivity contribution in [2.45, 2.75) is 6.92 Å². The topological polar surface area (TPSA) is 26.3 Å². The zero-order valence-electron chi connectivity index (χ0n) is 6.45. The van der Waals surface area contributed by atoms with Crippen LogP contribution in [-0.2, 0) is 9.53 Å². The average Bonchev–Trinajstić information content (AvgIpc) is 1.98. The molecule has 11 heavy (non-hydrogen) atoms. The number of ether oxygens (including phenoxy) is 1. The third-order valence-electron chi connectivity index (χ3n) is 0.824. The fraction of sp³-hybridized carbons (Fsp3) is 0.833. The van der Waals surface area contributed by atoms with Crippen LogP contribution in [0.4, 0.5) is 0 Å². The first kappa shape index (κ1) is 14.5. The molecule has 65 valence electrons. The molecule has 0 aliphatic heterocycles. The van der Waals surface area contributed by atoms with Gasteiger partial charge in [0.1, 0.15) is 6.61 Å². The van der Waals surface area contributed by atoms with Gasteiger partial charge in [0, 0.05) is 30.2 Å². The number of carbonyl (C=O) groups excluding carboxylic acids is 1. The quantitative estimate of drug-likeness (QED) is 0.353. The minimum Gasteiger partial charge on any atom is -0.464 e. The summed E-state index contributed by atoms with van der Waals surface area (Å²) >= 11 is 5.52. The van der Waals surface area contributed by atoms with E-state index in [1.54, 1.807) is 11.8 Å². The van der Waals surface area contributed by atoms with Gasteiger partial charge in [-0.2, -0.15) is 24.4 Å². The minimum atomic E-state index is -0.236. The van der Waals surface area contributed by atoms with Crippen molar-refractivity contribution >= 4 is 54.8 Å². The van der Waals surface area contributed by atoms with Gasteiger partial charge in [-0.05, 0) is 5.75 Å². The Labute approximate surface area is 94.7 Å². The van der Waals surface area contributed by atoms with Gasteiger partial charge in [0.05, 0.1) is 5.75 Å². The number of hydrogen-bond donors (Lipinski definition) is 1. The van der Waals surface area contributed by atoms with E-state index in [1.807, 2.05) is 0 Å². The van der Waals surface area contributed by atoms with Crippen molar-refractivity contribution in [3.63, 3.8) is 0 Å². The van der Waals surface area contributed by atoms with Crippen LogP contribution in [0.3, 0.4) is 0 Å². The summed E-state index contributed by atoms with van der Waals surface area (Å²) in [6, 6.07) is 0. The summed E-state index contributed by atoms with van der Waals surface area (Å²) < 4.78 is 4.76. The van der Waals surface area contributed by atoms with E-state index in [1.165, 1.54) is 0 Å². The molecule has 0 aliphatic carbocycles. The molecule has 0 unspecified atom stereocenters. The second kappa shape index (κ2) is 11.0. The van der Waals surface area contributed by atoms with Gasteiger partial charge in [-0.1, -0.05) is 6.92 Å². The summed E-state index contributed by atoms with van der Waals surface area (Å²) in [7, 11) is 0. The third kappa shape index (κ3) is 11.0. The SMILES string of the molecule is CCSCCOC(=O)CS.[Sb]. The van der Waals surface area contributed by atoms with Gasteiger partial charge in [0.15, 0.2) is 0 Å². The van der Waals surface area contributed by atoms with Gasteiger partial charge in [-0.25, -0.2) is 0 Å². The van der Waals surface area contributed by atoms with Gasteiger partial charge in [0.25, 0.3) is 0 Å². The zero-order chi connectivity index (χ0) is 7.82. The van der Waals surface area contributed by atoms with E-state index < -0.39 is 0 Å². The molecule has 0 bridgehead atoms. The zero-order valence-corrected chi connectivity index (χ0v) is 10.7. The summed E-state index contributed by atoms with van der Waals surface area (Å²) in [5, 5.41) is 0. The summed E-state index contributed by atoms with van der Waals surface area (Å²) in [6.45, 7) is 2.59. The molecular weight excluding hydrogens is 290 g/mol. The molecule has 2 nitrogen and oxygen atoms in total. The standard InChI is InChI=1S/C6H12O2S2.Sb/c1-2-10-4-3-8-6(7)5-9;/h9H,2-5H2,1H3;. The molecule has 0 aromatic heterocycles. The van der Waals surface area contributed by atoms with Gasteiger partial charge >= 0.3 is 5.97 Å². The van der Waals surface area contributed by atoms with Gasteiger partial charge in [0.2, 0.25) is 0 Å². The van der Waals surface area contributed by atoms with E-state index in [9.17, 15) is 4.79 Å². The Morgan fingerprint density at radius 3 is 2.73 bits per heavy atom. The molecule has 0 spiro atoms. The normalized spacial score (nSPS) is 8.55. The molecule has 0 amide bonds. The Morgan fingerprint density at radius 1 is 1.64 bits per heavy atom. The molecule has 5 heteroatoms. The molecule has 0 rings (SSSR count). The van der Waals surface area contributed by atoms with Crippen molar-refractivity contribution < 1.29 is 9.53 Å². The van der Waals surface area contributed by atoms with E-state index in [0.29, 0.717) is 6.61 Å². The maximum Gasteiger partial charge on any atom is 0.315 e. The van der Waals surface area contributed by atoms with Crippen LogP contribution in [0, 0.1) is 0 Å². The van der Waals surface area contributed by atoms with Crippen molar-refractivity contribution in [1.29, 1.82) is 0 Å². The molecule has 0 aromatic rings. The Hall–Kier alpha value is 0.988. The Balaban J connectivity index is 0. The molecular formula is C6H12O2S2Sb. The monoisotopic (exact) mass is 301 g/mol. The third-order valence-corrected chi connectivity index (χ3v) is 1.95. The number of thiol groups is 1. The molecule has 0 fully saturated rings. The summed E-state index contributed by atoms with van der Waals surface area (Å²) in [6.07, 6.45) is 0. The maximum atomic E-state index is 10.5. The fourth-order valence-corrected chi connectivity index (χ4v) is 0.986. The number of esters is 1. The van der Waals surface area contributed by atoms with Crippen molar-refractivity contribution in [3.8, 4) is 0 Å². The molecule has 0 saturated heterocycles. The molecule has 0 aromatic carbocycles. The molecule has 3 radical (unpaired) electrons. The second-order valence-corrected chi connectivity index (χ2v) is 3.29. The number of thioether (sulfide) groups is 1. The second-order valence-electron chi connectivity index (χ2n) is 1.58. The first-order valence-electron chi connectivity index (χ1n) is 3.15. The van der Waals surface area contributed by atoms with Crippen LogP contribution in [0.5, 0.6) is 0 Å². The van der Waals surface area contributed by atoms with E-state index in [4.69, 9.17) is 4.74 Å². The molecule has 0 aliphatic rings. The van der Waals surface area contributed by atoms with Crippen molar-refractivity contribution in [2.24, 2.45) is 0 Å². The largest absolute Gasteiger partial charge is 0.464 e. The van der Waals surface area contributed by atoms with Crippen molar-refractivity contribution in [1.82, 2.24) is 0 Å². The van der Waals surface area contributed by atoms with E-state index in [-0.39, 0.29) is 36.2 Å². The minimum absolute atomic E-state index is 0. The Morgan fingerprint density at radius 2 is 2.27 bits per heavy atom. The molecule has 0 N–H and O–H groups in total. The number of carbonyl (C=O) groups is 1. The van der Waals surface area contributed by atoms with Crippen molar-refractivity contribution in [2.75, 3.05) is 23.9 Å². The summed E-state index contributed by atoms with van der Waals surface area (Å²) in [4.78, 5) is 10.5. The summed E-state index contributed by atoms with van der Waals surface area (Å²) in [5.74, 6) is 1.89. The van der Waals surface area contributed by atoms with Crippen LogP contribution >= 0.6 is 24.4 Å². The van der Waals surface area contributed by atoms with Crippen LogP contribution in [0.15, 0.2) is 0 Å². The van der Waals surface area contributed by atoms with Gasteiger partial charge in [-0.15, -0.1) is 0 Å². The fourth-order valence-electron chi connectivity index (χ4n) is 0.404. The Kier molecular flexibility index (Phi) is 14.5. The molecule has 0 atom stereocenters. The molecule has 0 saturated carbocycles. The van der Waals surface area contributed by atoms with Crippen LogP contribution < -0.4 is 0 Å². The predicted molar refractivity (Wildman–Crippen MR) is 53.6 cm³/mol. The van der Waals surface area contributed by atoms with Crippen LogP contribution in [0.2, 0.25) is 0 Å². The van der Waals surface area contributed by atoms with Gasteiger partial charge in [-0.3, -0.25) is 4.79 Å². The van der Waals surface area contributed by atoms with Gasteiger partial charge < -0.3 is 4.74 Å². The predicted octanol–water partition coefficient (Wildman–Crippen LogP) is 0.832. The van der Waals surface area contributed by atoms with Crippen LogP contribution in [0.25, 0.3) is 0 Å². The average molecular weight is 302 g/mol. The van der Waals surface area contributed by atoms with E-state index >= 15 is 0 Å².